The molecule has 1 aromatic carbocycles. The second-order valence-electron chi connectivity index (χ2n) is 6.97. The fourth-order valence-electron chi connectivity index (χ4n) is 2.94. The van der Waals surface area contributed by atoms with Crippen molar-refractivity contribution in [2.45, 2.75) is 20.8 Å². The summed E-state index contributed by atoms with van der Waals surface area (Å²) in [4.78, 5) is 50.6. The normalized spacial score (nSPS) is 18.4. The Balaban J connectivity index is 2.67. The predicted octanol–water partition coefficient (Wildman–Crippen LogP) is 0.718. The van der Waals surface area contributed by atoms with Crippen molar-refractivity contribution in [2.75, 3.05) is 18.6 Å². The highest BCUT2D eigenvalue weighted by Gasteiger charge is 2.43. The van der Waals surface area contributed by atoms with Crippen LogP contribution in [0.5, 0.6) is 0 Å². The first-order valence-corrected chi connectivity index (χ1v) is 10.3. The molecule has 0 bridgehead atoms. The molecule has 0 aromatic heterocycles. The van der Waals surface area contributed by atoms with E-state index < -0.39 is 57.8 Å². The first kappa shape index (κ1) is 26.3. The van der Waals surface area contributed by atoms with Gasteiger partial charge in [0.25, 0.3) is 0 Å². The number of esters is 2. The maximum absolute atomic E-state index is 13.4. The Labute approximate surface area is 200 Å². The van der Waals surface area contributed by atoms with Crippen LogP contribution in [0.2, 0.25) is 0 Å². The Bertz CT molecular complexity index is 1230. The van der Waals surface area contributed by atoms with Crippen molar-refractivity contribution in [1.29, 1.82) is 10.5 Å². The van der Waals surface area contributed by atoms with Crippen LogP contribution in [0.25, 0.3) is 0 Å². The fraction of sp³-hybridized carbons (Fsp3) is 0.261. The molecule has 35 heavy (non-hydrogen) atoms. The largest absolute Gasteiger partial charge is 0.462 e. The standard InChI is InChI=1S/C23H22N6O6/c1-4-34-22(32)14(10-24)17(26)16-20(30)19(29-28-13-8-6-12(3)7-9-13)18(27-21(16)31)15(11-25)23(33)35-5-2/h6-9,16,28H,4-5,26H2,1-3H3,(H,27,31)/b17-14+,18-15+,29-19+. The number of ketones is 1. The van der Waals surface area contributed by atoms with Gasteiger partial charge in [-0.3, -0.25) is 15.0 Å². The molecule has 180 valence electrons. The molecule has 4 N–H and O–H groups in total. The minimum absolute atomic E-state index is 0.0728. The number of aryl methyl sites for hydroxylation is 1. The Morgan fingerprint density at radius 1 is 1.09 bits per heavy atom. The van der Waals surface area contributed by atoms with Gasteiger partial charge < -0.3 is 20.5 Å². The Morgan fingerprint density at radius 2 is 1.69 bits per heavy atom. The van der Waals surface area contributed by atoms with Gasteiger partial charge in [-0.2, -0.15) is 15.6 Å². The summed E-state index contributed by atoms with van der Waals surface area (Å²) in [5.74, 6) is -6.19. The molecular formula is C23H22N6O6. The lowest BCUT2D eigenvalue weighted by Crippen LogP contribution is -2.51. The average Bonchev–Trinajstić information content (AvgIpc) is 2.81. The number of hydrogen-bond donors (Lipinski definition) is 3. The number of hydrazone groups is 1. The molecule has 0 radical (unpaired) electrons. The van der Waals surface area contributed by atoms with Crippen LogP contribution >= 0.6 is 0 Å². The van der Waals surface area contributed by atoms with Crippen molar-refractivity contribution in [3.8, 4) is 12.1 Å². The van der Waals surface area contributed by atoms with Crippen molar-refractivity contribution < 1.29 is 28.7 Å². The first-order valence-electron chi connectivity index (χ1n) is 10.3. The number of allylic oxidation sites excluding steroid dienone is 1. The van der Waals surface area contributed by atoms with E-state index in [2.05, 4.69) is 15.8 Å². The van der Waals surface area contributed by atoms with E-state index >= 15 is 0 Å². The Hall–Kier alpha value is -4.97. The summed E-state index contributed by atoms with van der Waals surface area (Å²) >= 11 is 0. The molecule has 2 rings (SSSR count). The van der Waals surface area contributed by atoms with E-state index in [-0.39, 0.29) is 13.2 Å². The molecule has 1 amide bonds. The summed E-state index contributed by atoms with van der Waals surface area (Å²) in [6.45, 7) is 4.73. The van der Waals surface area contributed by atoms with Crippen LogP contribution in [0, 0.1) is 35.5 Å². The van der Waals surface area contributed by atoms with Crippen molar-refractivity contribution in [3.63, 3.8) is 0 Å². The number of nitrogens with one attached hydrogen (secondary N) is 2. The van der Waals surface area contributed by atoms with Crippen LogP contribution in [0.4, 0.5) is 5.69 Å². The zero-order chi connectivity index (χ0) is 26.1. The number of carbonyl (C=O) groups is 4. The second kappa shape index (κ2) is 11.8. The molecule has 1 aliphatic heterocycles. The number of Topliss-reactive ketones (excluding diaryl/α,β-unsaturated/α-hetero) is 1. The van der Waals surface area contributed by atoms with Gasteiger partial charge in [0.05, 0.1) is 30.3 Å². The number of rotatable bonds is 7. The Kier molecular flexibility index (Phi) is 8.84. The molecule has 1 atom stereocenters. The van der Waals surface area contributed by atoms with Gasteiger partial charge in [0, 0.05) is 0 Å². The van der Waals surface area contributed by atoms with E-state index in [9.17, 15) is 29.7 Å². The zero-order valence-electron chi connectivity index (χ0n) is 19.2. The lowest BCUT2D eigenvalue weighted by Gasteiger charge is -2.25. The maximum Gasteiger partial charge on any atom is 0.351 e. The molecular weight excluding hydrogens is 456 g/mol. The van der Waals surface area contributed by atoms with Gasteiger partial charge in [0.15, 0.2) is 16.9 Å². The number of benzene rings is 1. The van der Waals surface area contributed by atoms with Gasteiger partial charge in [-0.05, 0) is 32.9 Å². The number of anilines is 1. The van der Waals surface area contributed by atoms with Crippen LogP contribution in [-0.4, -0.2) is 42.6 Å². The number of nitriles is 2. The minimum Gasteiger partial charge on any atom is -0.462 e. The number of nitrogens with two attached hydrogens (primary N) is 1. The molecule has 0 spiro atoms. The van der Waals surface area contributed by atoms with Crippen molar-refractivity contribution in [1.82, 2.24) is 5.32 Å². The summed E-state index contributed by atoms with van der Waals surface area (Å²) in [5.41, 5.74) is 6.81. The van der Waals surface area contributed by atoms with E-state index in [0.29, 0.717) is 5.69 Å². The molecule has 12 heteroatoms. The number of piperidine rings is 1. The number of ether oxygens (including phenoxy) is 2. The van der Waals surface area contributed by atoms with Crippen LogP contribution in [0.3, 0.4) is 0 Å². The molecule has 1 aromatic rings. The number of carbonyl (C=O) groups excluding carboxylic acids is 4. The van der Waals surface area contributed by atoms with Gasteiger partial charge in [-0.1, -0.05) is 17.7 Å². The third-order valence-corrected chi connectivity index (χ3v) is 4.62. The zero-order valence-corrected chi connectivity index (χ0v) is 19.2. The van der Waals surface area contributed by atoms with Gasteiger partial charge in [0.1, 0.15) is 18.1 Å². The smallest absolute Gasteiger partial charge is 0.351 e. The van der Waals surface area contributed by atoms with Crippen LogP contribution < -0.4 is 16.5 Å². The van der Waals surface area contributed by atoms with Gasteiger partial charge in [-0.25, -0.2) is 9.59 Å². The predicted molar refractivity (Wildman–Crippen MR) is 122 cm³/mol. The second-order valence-corrected chi connectivity index (χ2v) is 6.97. The van der Waals surface area contributed by atoms with Crippen molar-refractivity contribution >= 4 is 35.0 Å². The Morgan fingerprint density at radius 3 is 2.23 bits per heavy atom. The molecule has 1 aliphatic rings. The number of hydrogen-bond acceptors (Lipinski definition) is 11. The van der Waals surface area contributed by atoms with E-state index in [0.717, 1.165) is 5.56 Å². The topological polar surface area (TPSA) is 197 Å². The molecule has 12 nitrogen and oxygen atoms in total. The summed E-state index contributed by atoms with van der Waals surface area (Å²) < 4.78 is 9.59. The average molecular weight is 478 g/mol. The molecule has 1 saturated heterocycles. The molecule has 1 heterocycles. The summed E-state index contributed by atoms with van der Waals surface area (Å²) in [6, 6.07) is 10.00. The lowest BCUT2D eigenvalue weighted by molar-refractivity contribution is -0.139. The van der Waals surface area contributed by atoms with Crippen LogP contribution in [-0.2, 0) is 28.7 Å². The third-order valence-electron chi connectivity index (χ3n) is 4.62. The molecule has 0 aliphatic carbocycles. The lowest BCUT2D eigenvalue weighted by atomic mass is 9.87. The summed E-state index contributed by atoms with van der Waals surface area (Å²) in [6.07, 6.45) is 0. The van der Waals surface area contributed by atoms with E-state index in [4.69, 9.17) is 15.2 Å². The van der Waals surface area contributed by atoms with Gasteiger partial charge in [-0.15, -0.1) is 0 Å². The highest BCUT2D eigenvalue weighted by Crippen LogP contribution is 2.23. The maximum atomic E-state index is 13.4. The monoisotopic (exact) mass is 478 g/mol. The molecule has 0 saturated carbocycles. The first-order chi connectivity index (χ1) is 16.7. The highest BCUT2D eigenvalue weighted by atomic mass is 16.5. The van der Waals surface area contributed by atoms with Gasteiger partial charge in [0.2, 0.25) is 11.7 Å². The van der Waals surface area contributed by atoms with Crippen molar-refractivity contribution in [3.05, 3.63) is 52.4 Å². The van der Waals surface area contributed by atoms with E-state index in [1.165, 1.54) is 19.9 Å². The third kappa shape index (κ3) is 5.89. The van der Waals surface area contributed by atoms with E-state index in [1.807, 2.05) is 6.92 Å². The quantitative estimate of drug-likeness (QED) is 0.165. The minimum atomic E-state index is -1.85. The fourth-order valence-corrected chi connectivity index (χ4v) is 2.94. The summed E-state index contributed by atoms with van der Waals surface area (Å²) in [5, 5.41) is 25.2. The van der Waals surface area contributed by atoms with Crippen LogP contribution in [0.1, 0.15) is 19.4 Å². The highest BCUT2D eigenvalue weighted by molar-refractivity contribution is 6.53. The SMILES string of the molecule is CCOC(=O)/C(C#N)=C1/NC(=O)C(/C(N)=C(/C#N)C(=O)OCC)C(=O)/C1=N/Nc1ccc(C)cc1. The van der Waals surface area contributed by atoms with Crippen molar-refractivity contribution in [2.24, 2.45) is 16.8 Å². The number of nitrogens with zero attached hydrogens (tertiary/aromatic N) is 3. The molecule has 1 unspecified atom stereocenters. The molecule has 1 fully saturated rings. The number of amides is 1. The van der Waals surface area contributed by atoms with Crippen LogP contribution in [0.15, 0.2) is 51.9 Å². The summed E-state index contributed by atoms with van der Waals surface area (Å²) in [7, 11) is 0. The van der Waals surface area contributed by atoms with Gasteiger partial charge >= 0.3 is 11.9 Å². The van der Waals surface area contributed by atoms with E-state index in [1.54, 1.807) is 30.3 Å².